The molecule has 2 N–H and O–H groups in total. The monoisotopic (exact) mass is 538 g/mol. The summed E-state index contributed by atoms with van der Waals surface area (Å²) >= 11 is 0. The van der Waals surface area contributed by atoms with Crippen molar-refractivity contribution in [2.45, 2.75) is 10.8 Å². The molecule has 2 heteroatoms. The van der Waals surface area contributed by atoms with Gasteiger partial charge in [0.2, 0.25) is 0 Å². The van der Waals surface area contributed by atoms with Gasteiger partial charge in [-0.15, -0.1) is 0 Å². The number of fused-ring (bicyclic) bond motifs is 5. The number of hydrogen-bond donors (Lipinski definition) is 2. The fourth-order valence-corrected chi connectivity index (χ4v) is 7.91. The lowest BCUT2D eigenvalue weighted by Gasteiger charge is -2.49. The van der Waals surface area contributed by atoms with E-state index in [2.05, 4.69) is 151 Å². The van der Waals surface area contributed by atoms with Gasteiger partial charge in [-0.3, -0.25) is 5.41 Å². The molecule has 2 aliphatic rings. The van der Waals surface area contributed by atoms with Gasteiger partial charge in [-0.2, -0.15) is 0 Å². The van der Waals surface area contributed by atoms with Gasteiger partial charge in [-0.05, 0) is 61.7 Å². The van der Waals surface area contributed by atoms with Crippen LogP contribution in [0, 0.1) is 5.41 Å². The normalized spacial score (nSPS) is 19.4. The van der Waals surface area contributed by atoms with Crippen LogP contribution in [-0.4, -0.2) is 12.9 Å². The van der Waals surface area contributed by atoms with Crippen LogP contribution in [0.25, 0.3) is 11.1 Å². The van der Waals surface area contributed by atoms with Crippen LogP contribution in [-0.2, 0) is 10.8 Å². The number of rotatable bonds is 4. The lowest BCUT2D eigenvalue weighted by molar-refractivity contribution is 0.626. The average molecular weight is 539 g/mol. The van der Waals surface area contributed by atoms with E-state index in [4.69, 9.17) is 5.41 Å². The third-order valence-corrected chi connectivity index (χ3v) is 9.45. The molecular formula is C40H30N2. The van der Waals surface area contributed by atoms with Crippen LogP contribution in [0.4, 0.5) is 0 Å². The van der Waals surface area contributed by atoms with Crippen LogP contribution in [0.1, 0.15) is 50.1 Å². The molecule has 8 rings (SSSR count). The zero-order valence-corrected chi connectivity index (χ0v) is 23.4. The van der Waals surface area contributed by atoms with E-state index in [1.165, 1.54) is 50.1 Å². The summed E-state index contributed by atoms with van der Waals surface area (Å²) in [7, 11) is 1.81. The Balaban J connectivity index is 1.61. The summed E-state index contributed by atoms with van der Waals surface area (Å²) in [6, 6.07) is 55.5. The van der Waals surface area contributed by atoms with Gasteiger partial charge in [0.15, 0.2) is 0 Å². The van der Waals surface area contributed by atoms with Gasteiger partial charge in [0.1, 0.15) is 5.84 Å². The van der Waals surface area contributed by atoms with E-state index >= 15 is 0 Å². The number of amidine groups is 1. The summed E-state index contributed by atoms with van der Waals surface area (Å²) in [5.74, 6) is 0.411. The predicted molar refractivity (Wildman–Crippen MR) is 172 cm³/mol. The molecule has 2 unspecified atom stereocenters. The lowest BCUT2D eigenvalue weighted by Crippen LogP contribution is -2.44. The van der Waals surface area contributed by atoms with E-state index in [1.807, 2.05) is 13.1 Å². The fraction of sp³-hybridized carbons (Fsp3) is 0.0750. The van der Waals surface area contributed by atoms with Crippen molar-refractivity contribution in [3.05, 3.63) is 202 Å². The summed E-state index contributed by atoms with van der Waals surface area (Å²) in [6.07, 6.45) is 0. The first-order valence-corrected chi connectivity index (χ1v) is 14.5. The van der Waals surface area contributed by atoms with Crippen LogP contribution in [0.3, 0.4) is 0 Å². The minimum atomic E-state index is -0.590. The number of benzene rings is 6. The van der Waals surface area contributed by atoms with E-state index < -0.39 is 10.8 Å². The Morgan fingerprint density at radius 3 is 1.67 bits per heavy atom. The van der Waals surface area contributed by atoms with Gasteiger partial charge in [0.25, 0.3) is 0 Å². The molecule has 2 aliphatic carbocycles. The first-order chi connectivity index (χ1) is 20.7. The van der Waals surface area contributed by atoms with E-state index in [0.717, 1.165) is 11.1 Å². The first kappa shape index (κ1) is 24.6. The molecule has 0 spiro atoms. The van der Waals surface area contributed by atoms with Crippen molar-refractivity contribution in [3.63, 3.8) is 0 Å². The lowest BCUT2D eigenvalue weighted by atomic mass is 9.51. The molecule has 0 amide bonds. The summed E-state index contributed by atoms with van der Waals surface area (Å²) in [5.41, 5.74) is 12.6. The Bertz CT molecular complexity index is 1990. The maximum Gasteiger partial charge on any atom is 0.125 e. The molecule has 0 saturated carbocycles. The summed E-state index contributed by atoms with van der Waals surface area (Å²) in [5, 5.41) is 11.7. The Morgan fingerprint density at radius 2 is 0.976 bits per heavy atom. The highest BCUT2D eigenvalue weighted by Gasteiger charge is 2.57. The number of hydrogen-bond acceptors (Lipinski definition) is 1. The Kier molecular flexibility index (Phi) is 5.36. The zero-order valence-electron chi connectivity index (χ0n) is 23.4. The highest BCUT2D eigenvalue weighted by Crippen LogP contribution is 2.65. The molecule has 200 valence electrons. The minimum absolute atomic E-state index is 0.411. The van der Waals surface area contributed by atoms with Gasteiger partial charge in [0, 0.05) is 12.6 Å². The van der Waals surface area contributed by atoms with E-state index in [9.17, 15) is 0 Å². The third kappa shape index (κ3) is 3.01. The maximum atomic E-state index is 8.64. The molecule has 2 nitrogen and oxygen atoms in total. The van der Waals surface area contributed by atoms with Crippen LogP contribution in [0.5, 0.6) is 0 Å². The highest BCUT2D eigenvalue weighted by molar-refractivity contribution is 5.97. The Morgan fingerprint density at radius 1 is 0.476 bits per heavy atom. The van der Waals surface area contributed by atoms with Crippen LogP contribution in [0.2, 0.25) is 0 Å². The second-order valence-electron chi connectivity index (χ2n) is 11.3. The van der Waals surface area contributed by atoms with Crippen molar-refractivity contribution >= 4 is 5.84 Å². The van der Waals surface area contributed by atoms with Crippen molar-refractivity contribution in [1.82, 2.24) is 5.32 Å². The smallest absolute Gasteiger partial charge is 0.125 e. The largest absolute Gasteiger partial charge is 0.373 e. The highest BCUT2D eigenvalue weighted by atomic mass is 14.9. The molecule has 0 aliphatic heterocycles. The molecule has 0 saturated heterocycles. The second-order valence-corrected chi connectivity index (χ2v) is 11.3. The summed E-state index contributed by atoms with van der Waals surface area (Å²) < 4.78 is 0. The standard InChI is InChI=1S/C40H30N2/c1-42-38(41)27-14-12-19-30(26-27)39(28-15-4-2-5-16-28)34-23-10-11-24-35(34)40(29-17-6-3-7-18-29)33-22-9-8-20-31(33)32-21-13-25-36(39)37(32)40/h2-26H,1H3,(H2,41,42). The molecule has 0 heterocycles. The predicted octanol–water partition coefficient (Wildman–Crippen LogP) is 8.29. The number of nitrogens with one attached hydrogen (secondary N) is 2. The average Bonchev–Trinajstić information content (AvgIpc) is 3.38. The third-order valence-electron chi connectivity index (χ3n) is 9.45. The van der Waals surface area contributed by atoms with Crippen LogP contribution < -0.4 is 5.32 Å². The zero-order chi connectivity index (χ0) is 28.3. The van der Waals surface area contributed by atoms with Crippen molar-refractivity contribution in [2.75, 3.05) is 7.05 Å². The Labute approximate surface area is 246 Å². The van der Waals surface area contributed by atoms with Crippen LogP contribution >= 0.6 is 0 Å². The van der Waals surface area contributed by atoms with Gasteiger partial charge >= 0.3 is 0 Å². The van der Waals surface area contributed by atoms with Gasteiger partial charge < -0.3 is 5.32 Å². The van der Waals surface area contributed by atoms with Crippen molar-refractivity contribution in [1.29, 1.82) is 5.41 Å². The second kappa shape index (κ2) is 9.15. The van der Waals surface area contributed by atoms with Gasteiger partial charge in [-0.25, -0.2) is 0 Å². The minimum Gasteiger partial charge on any atom is -0.373 e. The molecular weight excluding hydrogens is 508 g/mol. The molecule has 6 aromatic rings. The molecule has 2 atom stereocenters. The topological polar surface area (TPSA) is 35.9 Å². The molecule has 0 bridgehead atoms. The maximum absolute atomic E-state index is 8.64. The van der Waals surface area contributed by atoms with Gasteiger partial charge in [-0.1, -0.05) is 146 Å². The summed E-state index contributed by atoms with van der Waals surface area (Å²) in [6.45, 7) is 0. The quantitative estimate of drug-likeness (QED) is 0.172. The van der Waals surface area contributed by atoms with Crippen molar-refractivity contribution < 1.29 is 0 Å². The Hall–Kier alpha value is -5.21. The molecule has 0 fully saturated rings. The van der Waals surface area contributed by atoms with Crippen molar-refractivity contribution in [3.8, 4) is 11.1 Å². The molecule has 42 heavy (non-hydrogen) atoms. The van der Waals surface area contributed by atoms with Gasteiger partial charge in [0.05, 0.1) is 10.8 Å². The molecule has 0 aromatic heterocycles. The van der Waals surface area contributed by atoms with E-state index in [1.54, 1.807) is 0 Å². The molecule has 0 radical (unpaired) electrons. The van der Waals surface area contributed by atoms with Crippen molar-refractivity contribution in [2.24, 2.45) is 0 Å². The van der Waals surface area contributed by atoms with E-state index in [0.29, 0.717) is 5.84 Å². The molecule has 6 aromatic carbocycles. The summed E-state index contributed by atoms with van der Waals surface area (Å²) in [4.78, 5) is 0. The fourth-order valence-electron chi connectivity index (χ4n) is 7.91. The SMILES string of the molecule is CNC(=N)c1cccc(C2(c3ccccc3)c3ccccc3C3(c4ccccc4)c4ccccc4-c4cccc2c43)c1. The first-order valence-electron chi connectivity index (χ1n) is 14.5. The van der Waals surface area contributed by atoms with E-state index in [-0.39, 0.29) is 0 Å². The van der Waals surface area contributed by atoms with Crippen LogP contribution in [0.15, 0.2) is 152 Å².